The van der Waals surface area contributed by atoms with E-state index < -0.39 is 55.9 Å². The van der Waals surface area contributed by atoms with Crippen molar-refractivity contribution in [3.63, 3.8) is 0 Å². The van der Waals surface area contributed by atoms with Crippen molar-refractivity contribution in [2.45, 2.75) is 63.4 Å². The van der Waals surface area contributed by atoms with Crippen molar-refractivity contribution in [2.24, 2.45) is 17.6 Å². The van der Waals surface area contributed by atoms with Crippen LogP contribution in [0, 0.1) is 23.5 Å². The molecule has 0 saturated heterocycles. The van der Waals surface area contributed by atoms with E-state index >= 15 is 0 Å². The Morgan fingerprint density at radius 1 is 1.19 bits per heavy atom. The number of hydrogen-bond donors (Lipinski definition) is 2. The first-order chi connectivity index (χ1) is 14.9. The first-order valence-electron chi connectivity index (χ1n) is 10.6. The van der Waals surface area contributed by atoms with Crippen LogP contribution in [0.5, 0.6) is 0 Å². The second-order valence-corrected chi connectivity index (χ2v) is 10.3. The standard InChI is InChI=1S/C22H31F2N3O4S/c1-5-8-14-13-15(20(25)28)11-12-18(14)26-21(29)22(3,4)27(6-2)32(30,31)19-16(23)9-7-10-17(19)24/h7,9-12,14-15,18H,5-6,8,13H2,1-4H3,(H2,25,28)(H,26,29). The molecule has 1 aromatic rings. The number of primary amides is 1. The van der Waals surface area contributed by atoms with Gasteiger partial charge in [-0.3, -0.25) is 9.59 Å². The quantitative estimate of drug-likeness (QED) is 0.540. The monoisotopic (exact) mass is 471 g/mol. The number of sulfonamides is 1. The minimum Gasteiger partial charge on any atom is -0.369 e. The number of halogens is 2. The Bertz CT molecular complexity index is 975. The molecule has 0 aliphatic heterocycles. The van der Waals surface area contributed by atoms with E-state index in [1.165, 1.54) is 20.8 Å². The maximum atomic E-state index is 14.2. The predicted octanol–water partition coefficient (Wildman–Crippen LogP) is 2.72. The smallest absolute Gasteiger partial charge is 0.249 e. The Hall–Kier alpha value is -2.33. The van der Waals surface area contributed by atoms with Gasteiger partial charge in [0, 0.05) is 6.54 Å². The Morgan fingerprint density at radius 3 is 2.28 bits per heavy atom. The molecule has 3 N–H and O–H groups in total. The van der Waals surface area contributed by atoms with E-state index in [2.05, 4.69) is 5.32 Å². The summed E-state index contributed by atoms with van der Waals surface area (Å²) < 4.78 is 55.5. The minimum absolute atomic E-state index is 0.0575. The number of nitrogens with zero attached hydrogens (tertiary/aromatic N) is 1. The molecule has 0 saturated carbocycles. The molecule has 0 fully saturated rings. The number of carbonyl (C=O) groups excluding carboxylic acids is 2. The van der Waals surface area contributed by atoms with E-state index in [4.69, 9.17) is 5.73 Å². The zero-order valence-corrected chi connectivity index (χ0v) is 19.6. The highest BCUT2D eigenvalue weighted by molar-refractivity contribution is 7.89. The molecule has 2 rings (SSSR count). The molecular formula is C22H31F2N3O4S. The van der Waals surface area contributed by atoms with Gasteiger partial charge in [0.25, 0.3) is 0 Å². The molecule has 2 amide bonds. The van der Waals surface area contributed by atoms with Gasteiger partial charge >= 0.3 is 0 Å². The summed E-state index contributed by atoms with van der Waals surface area (Å²) in [6.07, 6.45) is 5.38. The fraction of sp³-hybridized carbons (Fsp3) is 0.545. The van der Waals surface area contributed by atoms with Crippen molar-refractivity contribution >= 4 is 21.8 Å². The lowest BCUT2D eigenvalue weighted by atomic mass is 9.80. The molecule has 10 heteroatoms. The highest BCUT2D eigenvalue weighted by atomic mass is 32.2. The SMILES string of the molecule is CCCC1CC(C(N)=O)C=CC1NC(=O)C(C)(C)N(CC)S(=O)(=O)c1c(F)cccc1F. The van der Waals surface area contributed by atoms with Crippen LogP contribution in [0.4, 0.5) is 8.78 Å². The summed E-state index contributed by atoms with van der Waals surface area (Å²) in [7, 11) is -4.66. The van der Waals surface area contributed by atoms with Crippen LogP contribution in [0.2, 0.25) is 0 Å². The van der Waals surface area contributed by atoms with Gasteiger partial charge < -0.3 is 11.1 Å². The van der Waals surface area contributed by atoms with Gasteiger partial charge in [-0.05, 0) is 44.7 Å². The van der Waals surface area contributed by atoms with Crippen LogP contribution >= 0.6 is 0 Å². The van der Waals surface area contributed by atoms with Crippen LogP contribution in [0.25, 0.3) is 0 Å². The largest absolute Gasteiger partial charge is 0.369 e. The van der Waals surface area contributed by atoms with Crippen LogP contribution < -0.4 is 11.1 Å². The van der Waals surface area contributed by atoms with Crippen molar-refractivity contribution in [3.05, 3.63) is 42.0 Å². The van der Waals surface area contributed by atoms with Gasteiger partial charge in [0.1, 0.15) is 17.2 Å². The molecule has 0 spiro atoms. The molecule has 3 atom stereocenters. The first-order valence-corrected chi connectivity index (χ1v) is 12.1. The van der Waals surface area contributed by atoms with Crippen LogP contribution in [0.1, 0.15) is 47.0 Å². The van der Waals surface area contributed by atoms with E-state index in [1.807, 2.05) is 6.92 Å². The Labute approximate surface area is 188 Å². The third-order valence-corrected chi connectivity index (χ3v) is 8.07. The average molecular weight is 472 g/mol. The van der Waals surface area contributed by atoms with E-state index in [9.17, 15) is 26.8 Å². The van der Waals surface area contributed by atoms with E-state index in [1.54, 1.807) is 12.2 Å². The summed E-state index contributed by atoms with van der Waals surface area (Å²) in [6, 6.07) is 2.35. The molecule has 3 unspecified atom stereocenters. The lowest BCUT2D eigenvalue weighted by Gasteiger charge is -2.38. The average Bonchev–Trinajstić information content (AvgIpc) is 2.68. The van der Waals surface area contributed by atoms with Crippen LogP contribution in [-0.2, 0) is 19.6 Å². The Morgan fingerprint density at radius 2 is 1.78 bits per heavy atom. The van der Waals surface area contributed by atoms with Crippen molar-refractivity contribution in [2.75, 3.05) is 6.54 Å². The predicted molar refractivity (Wildman–Crippen MR) is 117 cm³/mol. The maximum Gasteiger partial charge on any atom is 0.249 e. The number of hydrogen-bond acceptors (Lipinski definition) is 4. The van der Waals surface area contributed by atoms with Gasteiger partial charge in [-0.1, -0.05) is 38.5 Å². The summed E-state index contributed by atoms with van der Waals surface area (Å²) in [5.74, 6) is -4.00. The third kappa shape index (κ3) is 5.17. The zero-order chi connectivity index (χ0) is 24.3. The van der Waals surface area contributed by atoms with E-state index in [0.717, 1.165) is 35.3 Å². The van der Waals surface area contributed by atoms with Crippen LogP contribution in [0.15, 0.2) is 35.2 Å². The van der Waals surface area contributed by atoms with Crippen molar-refractivity contribution in [1.82, 2.24) is 9.62 Å². The topological polar surface area (TPSA) is 110 Å². The van der Waals surface area contributed by atoms with Gasteiger partial charge in [0.15, 0.2) is 4.90 Å². The third-order valence-electron chi connectivity index (χ3n) is 5.87. The molecule has 0 heterocycles. The Kier molecular flexibility index (Phi) is 8.17. The summed E-state index contributed by atoms with van der Waals surface area (Å²) in [6.45, 7) is 6.06. The second kappa shape index (κ2) is 10.1. The number of likely N-dealkylation sites (N-methyl/N-ethyl adjacent to an activating group) is 1. The zero-order valence-electron chi connectivity index (χ0n) is 18.8. The van der Waals surface area contributed by atoms with Gasteiger partial charge in [0.2, 0.25) is 21.8 Å². The fourth-order valence-electron chi connectivity index (χ4n) is 4.15. The number of amides is 2. The first kappa shape index (κ1) is 25.9. The lowest BCUT2D eigenvalue weighted by Crippen LogP contribution is -2.59. The van der Waals surface area contributed by atoms with Crippen molar-refractivity contribution in [3.8, 4) is 0 Å². The van der Waals surface area contributed by atoms with Gasteiger partial charge in [-0.2, -0.15) is 4.31 Å². The number of nitrogens with one attached hydrogen (secondary N) is 1. The number of benzene rings is 1. The number of rotatable bonds is 9. The molecule has 0 aromatic heterocycles. The highest BCUT2D eigenvalue weighted by Crippen LogP contribution is 2.31. The molecular weight excluding hydrogens is 440 g/mol. The molecule has 178 valence electrons. The summed E-state index contributed by atoms with van der Waals surface area (Å²) in [5.41, 5.74) is 3.77. The molecule has 0 radical (unpaired) electrons. The van der Waals surface area contributed by atoms with Crippen molar-refractivity contribution in [1.29, 1.82) is 0 Å². The summed E-state index contributed by atoms with van der Waals surface area (Å²) >= 11 is 0. The molecule has 32 heavy (non-hydrogen) atoms. The van der Waals surface area contributed by atoms with E-state index in [-0.39, 0.29) is 12.5 Å². The molecule has 1 aliphatic carbocycles. The fourth-order valence-corrected chi connectivity index (χ4v) is 6.03. The van der Waals surface area contributed by atoms with E-state index in [0.29, 0.717) is 6.42 Å². The van der Waals surface area contributed by atoms with Gasteiger partial charge in [-0.25, -0.2) is 17.2 Å². The molecule has 1 aromatic carbocycles. The lowest BCUT2D eigenvalue weighted by molar-refractivity contribution is -0.130. The molecule has 1 aliphatic rings. The minimum atomic E-state index is -4.66. The molecule has 7 nitrogen and oxygen atoms in total. The molecule has 0 bridgehead atoms. The second-order valence-electron chi connectivity index (χ2n) is 8.46. The van der Waals surface area contributed by atoms with Gasteiger partial charge in [0.05, 0.1) is 12.0 Å². The Balaban J connectivity index is 2.35. The number of nitrogens with two attached hydrogens (primary N) is 1. The van der Waals surface area contributed by atoms with Crippen LogP contribution in [-0.4, -0.2) is 42.7 Å². The number of carbonyl (C=O) groups is 2. The maximum absolute atomic E-state index is 14.2. The summed E-state index contributed by atoms with van der Waals surface area (Å²) in [5, 5.41) is 2.85. The summed E-state index contributed by atoms with van der Waals surface area (Å²) in [4.78, 5) is 23.7. The van der Waals surface area contributed by atoms with Crippen LogP contribution in [0.3, 0.4) is 0 Å². The highest BCUT2D eigenvalue weighted by Gasteiger charge is 2.44. The normalized spacial score (nSPS) is 21.5. The van der Waals surface area contributed by atoms with Gasteiger partial charge in [-0.15, -0.1) is 0 Å². The van der Waals surface area contributed by atoms with Crippen molar-refractivity contribution < 1.29 is 26.8 Å².